The summed E-state index contributed by atoms with van der Waals surface area (Å²) < 4.78 is 0. The van der Waals surface area contributed by atoms with Gasteiger partial charge in [0.05, 0.1) is 0 Å². The normalized spacial score (nSPS) is 21.8. The second kappa shape index (κ2) is 5.38. The van der Waals surface area contributed by atoms with Crippen molar-refractivity contribution in [2.45, 2.75) is 13.0 Å². The second-order valence-corrected chi connectivity index (χ2v) is 10.0. The quantitative estimate of drug-likeness (QED) is 0.822. The molecule has 1 N–H and O–H groups in total. The van der Waals surface area contributed by atoms with Gasteiger partial charge in [0.25, 0.3) is 0 Å². The minimum atomic E-state index is -1.53. The number of hydrogen-bond acceptors (Lipinski definition) is 1. The zero-order chi connectivity index (χ0) is 13.2. The maximum absolute atomic E-state index is 3.39. The molecule has 98 valence electrons. The zero-order valence-electron chi connectivity index (χ0n) is 11.8. The first-order valence-electron chi connectivity index (χ1n) is 6.69. The molecule has 1 aliphatic carbocycles. The summed E-state index contributed by atoms with van der Waals surface area (Å²) in [5, 5.41) is 6.55. The van der Waals surface area contributed by atoms with E-state index in [2.05, 4.69) is 74.1 Å². The van der Waals surface area contributed by atoms with Gasteiger partial charge in [-0.1, -0.05) is 0 Å². The standard InChI is InChI=1S/C16H24NP/c1-13(17-2)15-11-8-12-16(15)18(3,4)14-9-6-5-7-10-14/h5-13,15,17-18H,1-4H3/t13-,15+/m1/s1. The number of hydrogen-bond donors (Lipinski definition) is 1. The average Bonchev–Trinajstić information content (AvgIpc) is 2.89. The van der Waals surface area contributed by atoms with E-state index in [0.717, 1.165) is 0 Å². The first-order chi connectivity index (χ1) is 8.57. The van der Waals surface area contributed by atoms with Crippen LogP contribution < -0.4 is 10.6 Å². The Morgan fingerprint density at radius 3 is 2.44 bits per heavy atom. The summed E-state index contributed by atoms with van der Waals surface area (Å²) in [6.07, 6.45) is 6.91. The summed E-state index contributed by atoms with van der Waals surface area (Å²) in [5.41, 5.74) is 0. The molecule has 0 amide bonds. The molecule has 0 heterocycles. The maximum atomic E-state index is 3.39. The van der Waals surface area contributed by atoms with Crippen molar-refractivity contribution in [3.63, 3.8) is 0 Å². The Hall–Kier alpha value is -0.910. The third kappa shape index (κ3) is 2.43. The number of allylic oxidation sites excluding steroid dienone is 2. The minimum absolute atomic E-state index is 0.505. The molecule has 2 heteroatoms. The molecule has 0 radical (unpaired) electrons. The van der Waals surface area contributed by atoms with Gasteiger partial charge < -0.3 is 0 Å². The summed E-state index contributed by atoms with van der Waals surface area (Å²) in [6, 6.07) is 11.5. The van der Waals surface area contributed by atoms with Gasteiger partial charge in [-0.25, -0.2) is 0 Å². The van der Waals surface area contributed by atoms with Crippen LogP contribution in [0.2, 0.25) is 0 Å². The van der Waals surface area contributed by atoms with Crippen molar-refractivity contribution in [1.29, 1.82) is 0 Å². The van der Waals surface area contributed by atoms with Crippen molar-refractivity contribution in [3.05, 3.63) is 53.9 Å². The van der Waals surface area contributed by atoms with Gasteiger partial charge in [-0.05, 0) is 0 Å². The molecule has 0 bridgehead atoms. The van der Waals surface area contributed by atoms with Crippen LogP contribution in [0.4, 0.5) is 0 Å². The predicted octanol–water partition coefficient (Wildman–Crippen LogP) is 3.00. The van der Waals surface area contributed by atoms with E-state index in [9.17, 15) is 0 Å². The molecular weight excluding hydrogens is 237 g/mol. The van der Waals surface area contributed by atoms with Gasteiger partial charge in [0, 0.05) is 0 Å². The molecule has 0 aliphatic heterocycles. The van der Waals surface area contributed by atoms with Crippen LogP contribution in [0, 0.1) is 5.92 Å². The van der Waals surface area contributed by atoms with Crippen LogP contribution in [0.25, 0.3) is 0 Å². The van der Waals surface area contributed by atoms with Crippen molar-refractivity contribution in [3.8, 4) is 0 Å². The van der Waals surface area contributed by atoms with E-state index < -0.39 is 7.26 Å². The van der Waals surface area contributed by atoms with E-state index in [-0.39, 0.29) is 0 Å². The molecule has 1 aliphatic rings. The summed E-state index contributed by atoms with van der Waals surface area (Å²) in [6.45, 7) is 7.18. The van der Waals surface area contributed by atoms with Gasteiger partial charge in [0.1, 0.15) is 0 Å². The van der Waals surface area contributed by atoms with Gasteiger partial charge in [-0.15, -0.1) is 0 Å². The van der Waals surface area contributed by atoms with Crippen molar-refractivity contribution >= 4 is 12.6 Å². The molecular formula is C16H24NP. The Balaban J connectivity index is 2.31. The van der Waals surface area contributed by atoms with Crippen LogP contribution in [0.15, 0.2) is 53.9 Å². The molecule has 2 atom stereocenters. The number of rotatable bonds is 4. The van der Waals surface area contributed by atoms with E-state index in [0.29, 0.717) is 12.0 Å². The molecule has 0 aromatic heterocycles. The molecule has 0 saturated heterocycles. The van der Waals surface area contributed by atoms with Crippen molar-refractivity contribution in [2.24, 2.45) is 5.92 Å². The zero-order valence-corrected chi connectivity index (χ0v) is 12.8. The van der Waals surface area contributed by atoms with Gasteiger partial charge in [0.15, 0.2) is 0 Å². The second-order valence-electron chi connectivity index (χ2n) is 5.60. The Morgan fingerprint density at radius 1 is 1.17 bits per heavy atom. The van der Waals surface area contributed by atoms with Crippen LogP contribution in [0.3, 0.4) is 0 Å². The number of nitrogens with one attached hydrogen (secondary N) is 1. The molecule has 0 saturated carbocycles. The van der Waals surface area contributed by atoms with Gasteiger partial charge in [0.2, 0.25) is 0 Å². The van der Waals surface area contributed by atoms with Crippen LogP contribution in [0.1, 0.15) is 6.92 Å². The first-order valence-corrected chi connectivity index (χ1v) is 9.69. The van der Waals surface area contributed by atoms with Gasteiger partial charge in [-0.2, -0.15) is 0 Å². The summed E-state index contributed by atoms with van der Waals surface area (Å²) in [4.78, 5) is 0. The molecule has 1 nitrogen and oxygen atoms in total. The van der Waals surface area contributed by atoms with Crippen molar-refractivity contribution < 1.29 is 0 Å². The molecule has 18 heavy (non-hydrogen) atoms. The molecule has 0 spiro atoms. The van der Waals surface area contributed by atoms with Crippen LogP contribution in [-0.4, -0.2) is 26.4 Å². The topological polar surface area (TPSA) is 12.0 Å². The third-order valence-corrected chi connectivity index (χ3v) is 7.88. The van der Waals surface area contributed by atoms with Crippen molar-refractivity contribution in [1.82, 2.24) is 5.32 Å². The molecule has 2 rings (SSSR count). The Bertz CT molecular complexity index is 459. The Morgan fingerprint density at radius 2 is 1.83 bits per heavy atom. The fourth-order valence-electron chi connectivity index (χ4n) is 2.76. The SMILES string of the molecule is CN[C@H](C)[C@@H]1C=CC=C1[PH](C)(C)c1ccccc1. The van der Waals surface area contributed by atoms with E-state index in [1.807, 2.05) is 7.05 Å². The van der Waals surface area contributed by atoms with Crippen LogP contribution >= 0.6 is 7.26 Å². The summed E-state index contributed by atoms with van der Waals surface area (Å²) >= 11 is 0. The predicted molar refractivity (Wildman–Crippen MR) is 85.5 cm³/mol. The van der Waals surface area contributed by atoms with E-state index in [1.165, 1.54) is 5.30 Å². The van der Waals surface area contributed by atoms with E-state index in [4.69, 9.17) is 0 Å². The van der Waals surface area contributed by atoms with Crippen molar-refractivity contribution in [2.75, 3.05) is 20.4 Å². The number of benzene rings is 1. The summed E-state index contributed by atoms with van der Waals surface area (Å²) in [7, 11) is 0.517. The fourth-order valence-corrected chi connectivity index (χ4v) is 5.81. The van der Waals surface area contributed by atoms with Crippen LogP contribution in [0.5, 0.6) is 0 Å². The Labute approximate surface area is 111 Å². The van der Waals surface area contributed by atoms with E-state index >= 15 is 0 Å². The first kappa shape index (κ1) is 13.5. The van der Waals surface area contributed by atoms with Crippen LogP contribution in [-0.2, 0) is 0 Å². The molecule has 0 fully saturated rings. The molecule has 0 unspecified atom stereocenters. The average molecular weight is 261 g/mol. The van der Waals surface area contributed by atoms with Gasteiger partial charge >= 0.3 is 111 Å². The monoisotopic (exact) mass is 261 g/mol. The third-order valence-electron chi connectivity index (χ3n) is 4.16. The fraction of sp³-hybridized carbons (Fsp3) is 0.375. The summed E-state index contributed by atoms with van der Waals surface area (Å²) in [5.74, 6) is 0.553. The Kier molecular flexibility index (Phi) is 4.04. The van der Waals surface area contributed by atoms with E-state index in [1.54, 1.807) is 5.31 Å². The molecule has 1 aromatic carbocycles. The van der Waals surface area contributed by atoms with Gasteiger partial charge in [-0.3, -0.25) is 0 Å². The molecule has 1 aromatic rings.